The van der Waals surface area contributed by atoms with Gasteiger partial charge in [0, 0.05) is 33.0 Å². The first-order valence-corrected chi connectivity index (χ1v) is 14.9. The van der Waals surface area contributed by atoms with Crippen LogP contribution >= 0.6 is 0 Å². The zero-order valence-electron chi connectivity index (χ0n) is 25.8. The molecule has 0 atom stereocenters. The smallest absolute Gasteiger partial charge is 0.314 e. The van der Waals surface area contributed by atoms with Gasteiger partial charge in [0.15, 0.2) is 29.3 Å². The maximum absolute atomic E-state index is 13.1. The lowest BCUT2D eigenvalue weighted by molar-refractivity contribution is -0.139. The van der Waals surface area contributed by atoms with Crippen LogP contribution in [0.5, 0.6) is 34.5 Å². The molecule has 0 amide bonds. The zero-order valence-corrected chi connectivity index (χ0v) is 25.8. The minimum atomic E-state index is -0.626. The van der Waals surface area contributed by atoms with E-state index in [9.17, 15) is 35.1 Å². The van der Waals surface area contributed by atoms with Crippen LogP contribution in [0.4, 0.5) is 0 Å². The van der Waals surface area contributed by atoms with E-state index in [4.69, 9.17) is 4.74 Å². The monoisotopic (exact) mass is 601 g/mol. The second-order valence-corrected chi connectivity index (χ2v) is 12.4. The van der Waals surface area contributed by atoms with Crippen LogP contribution in [-0.2, 0) is 4.79 Å². The Morgan fingerprint density at radius 3 is 1.93 bits per heavy atom. The molecule has 4 aromatic rings. The normalized spacial score (nSPS) is 14.2. The molecular weight excluding hydrogens is 562 g/mol. The van der Waals surface area contributed by atoms with Gasteiger partial charge in [0.2, 0.25) is 0 Å². The van der Waals surface area contributed by atoms with E-state index in [0.29, 0.717) is 70.6 Å². The van der Waals surface area contributed by atoms with Crippen molar-refractivity contribution in [1.29, 1.82) is 0 Å². The number of aryl methyl sites for hydroxylation is 2. The Bertz CT molecular complexity index is 1830. The number of aromatic hydroxyl groups is 5. The van der Waals surface area contributed by atoms with Gasteiger partial charge >= 0.3 is 5.97 Å². The predicted octanol–water partition coefficient (Wildman–Crippen LogP) is 6.77. The molecule has 0 aromatic heterocycles. The van der Waals surface area contributed by atoms with Crippen LogP contribution in [0.25, 0.3) is 32.7 Å². The van der Waals surface area contributed by atoms with Gasteiger partial charge in [-0.15, -0.1) is 0 Å². The molecule has 9 heteroatoms. The minimum Gasteiger partial charge on any atom is -0.507 e. The Balaban J connectivity index is 1.78. The first-order chi connectivity index (χ1) is 20.8. The number of nitrogens with one attached hydrogen (secondary N) is 1. The molecule has 0 radical (unpaired) electrons. The molecule has 0 aliphatic carbocycles. The van der Waals surface area contributed by atoms with Gasteiger partial charge in [-0.25, -0.2) is 0 Å². The van der Waals surface area contributed by atoms with Crippen molar-refractivity contribution >= 4 is 33.8 Å². The molecule has 1 saturated heterocycles. The van der Waals surface area contributed by atoms with Crippen molar-refractivity contribution in [2.45, 2.75) is 66.2 Å². The average molecular weight is 602 g/mol. The zero-order chi connectivity index (χ0) is 32.2. The van der Waals surface area contributed by atoms with E-state index in [-0.39, 0.29) is 62.8 Å². The summed E-state index contributed by atoms with van der Waals surface area (Å²) >= 11 is 0. The number of phenolic OH excluding ortho intramolecular Hbond substituents is 5. The molecule has 6 N–H and O–H groups in total. The number of esters is 1. The quantitative estimate of drug-likeness (QED) is 0.0607. The summed E-state index contributed by atoms with van der Waals surface area (Å²) in [5, 5.41) is 60.7. The Morgan fingerprint density at radius 2 is 1.36 bits per heavy atom. The van der Waals surface area contributed by atoms with Crippen molar-refractivity contribution in [1.82, 2.24) is 5.32 Å². The van der Waals surface area contributed by atoms with Gasteiger partial charge in [0.05, 0.1) is 11.5 Å². The fourth-order valence-electron chi connectivity index (χ4n) is 6.69. The van der Waals surface area contributed by atoms with Gasteiger partial charge in [0.1, 0.15) is 11.5 Å². The van der Waals surface area contributed by atoms with Crippen molar-refractivity contribution in [3.63, 3.8) is 0 Å². The fourth-order valence-corrected chi connectivity index (χ4v) is 6.69. The van der Waals surface area contributed by atoms with Crippen molar-refractivity contribution in [3.8, 4) is 45.6 Å². The third kappa shape index (κ3) is 4.85. The van der Waals surface area contributed by atoms with Gasteiger partial charge in [-0.2, -0.15) is 0 Å². The number of fused-ring (bicyclic) bond motifs is 2. The SMILES string of the molecule is Cc1cc2c(C(C)C)c(OC(=O)C3CCNCC3)c(O)cc2c(O)c1-c1c(C)cc2c(C(C)C)c(O)c(O)c(C=O)c2c1O. The van der Waals surface area contributed by atoms with E-state index < -0.39 is 17.5 Å². The molecule has 0 bridgehead atoms. The Morgan fingerprint density at radius 1 is 0.795 bits per heavy atom. The lowest BCUT2D eigenvalue weighted by atomic mass is 9.84. The van der Waals surface area contributed by atoms with Gasteiger partial charge in [-0.1, -0.05) is 39.8 Å². The van der Waals surface area contributed by atoms with Crippen molar-refractivity contribution in [3.05, 3.63) is 46.0 Å². The highest BCUT2D eigenvalue weighted by atomic mass is 16.5. The molecule has 44 heavy (non-hydrogen) atoms. The van der Waals surface area contributed by atoms with Crippen LogP contribution in [-0.4, -0.2) is 50.9 Å². The number of aldehydes is 1. The summed E-state index contributed by atoms with van der Waals surface area (Å²) in [6.45, 7) is 12.4. The first kappa shape index (κ1) is 30.9. The minimum absolute atomic E-state index is 0.0596. The number of hydrogen-bond acceptors (Lipinski definition) is 9. The van der Waals surface area contributed by atoms with Crippen LogP contribution < -0.4 is 10.1 Å². The summed E-state index contributed by atoms with van der Waals surface area (Å²) in [4.78, 5) is 25.2. The number of carbonyl (C=O) groups is 2. The Hall–Kier alpha value is -4.50. The van der Waals surface area contributed by atoms with E-state index in [1.165, 1.54) is 6.07 Å². The van der Waals surface area contributed by atoms with Crippen LogP contribution in [0, 0.1) is 19.8 Å². The maximum Gasteiger partial charge on any atom is 0.314 e. The number of rotatable bonds is 6. The van der Waals surface area contributed by atoms with Crippen molar-refractivity contribution < 1.29 is 39.9 Å². The van der Waals surface area contributed by atoms with E-state index in [0.717, 1.165) is 0 Å². The van der Waals surface area contributed by atoms with E-state index in [2.05, 4.69) is 5.32 Å². The summed E-state index contributed by atoms with van der Waals surface area (Å²) in [6.07, 6.45) is 1.67. The number of carbonyl (C=O) groups excluding carboxylic acids is 2. The molecule has 1 fully saturated rings. The summed E-state index contributed by atoms with van der Waals surface area (Å²) in [6, 6.07) is 4.89. The molecular formula is C35H39NO8. The second kappa shape index (κ2) is 11.5. The van der Waals surface area contributed by atoms with E-state index in [1.807, 2.05) is 33.8 Å². The van der Waals surface area contributed by atoms with Crippen LogP contribution in [0.3, 0.4) is 0 Å². The Kier molecular flexibility index (Phi) is 8.11. The molecule has 0 spiro atoms. The third-order valence-corrected chi connectivity index (χ3v) is 8.78. The number of piperidine rings is 1. The van der Waals surface area contributed by atoms with Crippen molar-refractivity contribution in [2.24, 2.45) is 5.92 Å². The number of hydrogen-bond donors (Lipinski definition) is 6. The summed E-state index contributed by atoms with van der Waals surface area (Å²) in [7, 11) is 0. The van der Waals surface area contributed by atoms with Gasteiger partial charge in [-0.3, -0.25) is 9.59 Å². The van der Waals surface area contributed by atoms with E-state index in [1.54, 1.807) is 19.9 Å². The maximum atomic E-state index is 13.1. The summed E-state index contributed by atoms with van der Waals surface area (Å²) in [5.74, 6) is -2.95. The molecule has 1 aliphatic rings. The molecule has 0 unspecified atom stereocenters. The van der Waals surface area contributed by atoms with Crippen LogP contribution in [0.15, 0.2) is 18.2 Å². The van der Waals surface area contributed by atoms with Crippen LogP contribution in [0.1, 0.15) is 85.0 Å². The first-order valence-electron chi connectivity index (χ1n) is 14.9. The van der Waals surface area contributed by atoms with Gasteiger partial charge < -0.3 is 35.6 Å². The molecule has 4 aromatic carbocycles. The number of benzene rings is 4. The van der Waals surface area contributed by atoms with Crippen molar-refractivity contribution in [2.75, 3.05) is 13.1 Å². The lowest BCUT2D eigenvalue weighted by Crippen LogP contribution is -2.34. The van der Waals surface area contributed by atoms with Gasteiger partial charge in [-0.05, 0) is 79.6 Å². The number of phenols is 5. The second-order valence-electron chi connectivity index (χ2n) is 12.4. The Labute approximate surface area is 255 Å². The third-order valence-electron chi connectivity index (χ3n) is 8.78. The van der Waals surface area contributed by atoms with Gasteiger partial charge in [0.25, 0.3) is 0 Å². The average Bonchev–Trinajstić information content (AvgIpc) is 2.96. The lowest BCUT2D eigenvalue weighted by Gasteiger charge is -2.24. The van der Waals surface area contributed by atoms with Crippen LogP contribution in [0.2, 0.25) is 0 Å². The molecule has 5 rings (SSSR count). The fraction of sp³-hybridized carbons (Fsp3) is 0.371. The highest BCUT2D eigenvalue weighted by Gasteiger charge is 2.30. The molecule has 9 nitrogen and oxygen atoms in total. The summed E-state index contributed by atoms with van der Waals surface area (Å²) < 4.78 is 5.83. The van der Waals surface area contributed by atoms with E-state index >= 15 is 0 Å². The summed E-state index contributed by atoms with van der Waals surface area (Å²) in [5.41, 5.74) is 2.33. The molecule has 1 heterocycles. The molecule has 232 valence electrons. The topological polar surface area (TPSA) is 157 Å². The highest BCUT2D eigenvalue weighted by molar-refractivity contribution is 6.12. The predicted molar refractivity (Wildman–Crippen MR) is 169 cm³/mol. The standard InChI is InChI=1S/C35H39NO8/c1-15(2)25-22-12-18(6)28(32(41)29(22)23(14-37)31(40)33(25)42)27-17(5)11-20-21(30(27)39)13-24(38)34(26(20)16(3)4)44-35(43)19-7-9-36-10-8-19/h11-16,19,36,38-42H,7-10H2,1-6H3. The number of ether oxygens (including phenoxy) is 1. The highest BCUT2D eigenvalue weighted by Crippen LogP contribution is 2.53. The molecule has 1 aliphatic heterocycles. The molecule has 0 saturated carbocycles. The largest absolute Gasteiger partial charge is 0.507 e.